The van der Waals surface area contributed by atoms with E-state index in [9.17, 15) is 0 Å². The molecule has 0 bridgehead atoms. The molecule has 114 valence electrons. The molecule has 1 N–H and O–H groups in total. The Morgan fingerprint density at radius 3 is 2.81 bits per heavy atom. The molecule has 0 aliphatic rings. The molecule has 4 nitrogen and oxygen atoms in total. The SMILES string of the molecule is COc1ccc(C)cc1Cn1ccc(CNCC(C)C)n1. The molecule has 0 unspecified atom stereocenters. The molecule has 0 amide bonds. The fourth-order valence-corrected chi connectivity index (χ4v) is 2.28. The molecule has 1 heterocycles. The molecular weight excluding hydrogens is 262 g/mol. The maximum atomic E-state index is 5.42. The second-order valence-electron chi connectivity index (χ2n) is 5.84. The lowest BCUT2D eigenvalue weighted by molar-refractivity contribution is 0.407. The van der Waals surface area contributed by atoms with Crippen molar-refractivity contribution in [2.75, 3.05) is 13.7 Å². The van der Waals surface area contributed by atoms with Crippen LogP contribution in [0.4, 0.5) is 0 Å². The predicted molar refractivity (Wildman–Crippen MR) is 85.6 cm³/mol. The number of aryl methyl sites for hydroxylation is 1. The van der Waals surface area contributed by atoms with E-state index in [0.717, 1.165) is 36.6 Å². The van der Waals surface area contributed by atoms with Gasteiger partial charge in [0.2, 0.25) is 0 Å². The van der Waals surface area contributed by atoms with Crippen molar-refractivity contribution < 1.29 is 4.74 Å². The number of nitrogens with one attached hydrogen (secondary N) is 1. The Morgan fingerprint density at radius 2 is 2.10 bits per heavy atom. The van der Waals surface area contributed by atoms with Crippen molar-refractivity contribution in [1.29, 1.82) is 0 Å². The number of hydrogen-bond acceptors (Lipinski definition) is 3. The van der Waals surface area contributed by atoms with Gasteiger partial charge in [-0.15, -0.1) is 0 Å². The van der Waals surface area contributed by atoms with Gasteiger partial charge in [-0.25, -0.2) is 0 Å². The minimum Gasteiger partial charge on any atom is -0.496 e. The third kappa shape index (κ3) is 4.60. The first-order chi connectivity index (χ1) is 10.1. The second kappa shape index (κ2) is 7.27. The molecule has 0 spiro atoms. The summed E-state index contributed by atoms with van der Waals surface area (Å²) in [5, 5.41) is 8.02. The van der Waals surface area contributed by atoms with Crippen molar-refractivity contribution in [3.63, 3.8) is 0 Å². The van der Waals surface area contributed by atoms with Crippen molar-refractivity contribution in [1.82, 2.24) is 15.1 Å². The predicted octanol–water partition coefficient (Wildman–Crippen LogP) is 2.99. The van der Waals surface area contributed by atoms with Crippen LogP contribution in [0, 0.1) is 12.8 Å². The van der Waals surface area contributed by atoms with Crippen molar-refractivity contribution in [2.45, 2.75) is 33.9 Å². The van der Waals surface area contributed by atoms with Gasteiger partial charge < -0.3 is 10.1 Å². The van der Waals surface area contributed by atoms with Crippen molar-refractivity contribution in [3.8, 4) is 5.75 Å². The van der Waals surface area contributed by atoms with E-state index in [1.807, 2.05) is 16.9 Å². The fraction of sp³-hybridized carbons (Fsp3) is 0.471. The Hall–Kier alpha value is -1.81. The summed E-state index contributed by atoms with van der Waals surface area (Å²) >= 11 is 0. The van der Waals surface area contributed by atoms with Crippen LogP contribution in [0.25, 0.3) is 0 Å². The smallest absolute Gasteiger partial charge is 0.123 e. The summed E-state index contributed by atoms with van der Waals surface area (Å²) in [5.41, 5.74) is 3.46. The van der Waals surface area contributed by atoms with Gasteiger partial charge in [-0.1, -0.05) is 31.5 Å². The van der Waals surface area contributed by atoms with Gasteiger partial charge in [0.15, 0.2) is 0 Å². The average Bonchev–Trinajstić information content (AvgIpc) is 2.86. The number of rotatable bonds is 7. The van der Waals surface area contributed by atoms with Crippen LogP contribution >= 0.6 is 0 Å². The highest BCUT2D eigenvalue weighted by Gasteiger charge is 2.06. The standard InChI is InChI=1S/C17H25N3O/c1-13(2)10-18-11-16-7-8-20(19-16)12-15-9-14(3)5-6-17(15)21-4/h5-9,13,18H,10-12H2,1-4H3. The number of aromatic nitrogens is 2. The van der Waals surface area contributed by atoms with Gasteiger partial charge in [-0.2, -0.15) is 5.10 Å². The molecule has 1 aromatic heterocycles. The first kappa shape index (κ1) is 15.6. The quantitative estimate of drug-likeness (QED) is 0.851. The largest absolute Gasteiger partial charge is 0.496 e. The van der Waals surface area contributed by atoms with Gasteiger partial charge in [0.05, 0.1) is 19.3 Å². The van der Waals surface area contributed by atoms with Gasteiger partial charge in [0, 0.05) is 18.3 Å². The highest BCUT2D eigenvalue weighted by atomic mass is 16.5. The maximum absolute atomic E-state index is 5.42. The number of ether oxygens (including phenoxy) is 1. The molecular formula is C17H25N3O. The van der Waals surface area contributed by atoms with Gasteiger partial charge in [-0.3, -0.25) is 4.68 Å². The first-order valence-electron chi connectivity index (χ1n) is 7.45. The highest BCUT2D eigenvalue weighted by Crippen LogP contribution is 2.20. The Balaban J connectivity index is 2.00. The Labute approximate surface area is 127 Å². The van der Waals surface area contributed by atoms with Gasteiger partial charge in [-0.05, 0) is 31.5 Å². The zero-order valence-corrected chi connectivity index (χ0v) is 13.4. The lowest BCUT2D eigenvalue weighted by atomic mass is 10.1. The molecule has 0 fully saturated rings. The molecule has 0 saturated heterocycles. The van der Waals surface area contributed by atoms with E-state index in [1.54, 1.807) is 7.11 Å². The van der Waals surface area contributed by atoms with Crippen LogP contribution in [0.1, 0.15) is 30.7 Å². The summed E-state index contributed by atoms with van der Waals surface area (Å²) < 4.78 is 7.38. The number of benzene rings is 1. The van der Waals surface area contributed by atoms with E-state index in [0.29, 0.717) is 5.92 Å². The molecule has 0 saturated carbocycles. The van der Waals surface area contributed by atoms with E-state index in [-0.39, 0.29) is 0 Å². The Bertz CT molecular complexity index is 575. The van der Waals surface area contributed by atoms with Crippen molar-refractivity contribution in [3.05, 3.63) is 47.3 Å². The minimum absolute atomic E-state index is 0.656. The normalized spacial score (nSPS) is 11.1. The van der Waals surface area contributed by atoms with Crippen LogP contribution in [0.15, 0.2) is 30.5 Å². The number of nitrogens with zero attached hydrogens (tertiary/aromatic N) is 2. The molecule has 1 aromatic carbocycles. The van der Waals surface area contributed by atoms with E-state index in [1.165, 1.54) is 5.56 Å². The summed E-state index contributed by atoms with van der Waals surface area (Å²) in [6, 6.07) is 8.29. The van der Waals surface area contributed by atoms with Crippen molar-refractivity contribution in [2.24, 2.45) is 5.92 Å². The van der Waals surface area contributed by atoms with Crippen LogP contribution in [-0.2, 0) is 13.1 Å². The molecule has 0 aliphatic heterocycles. The van der Waals surface area contributed by atoms with E-state index < -0.39 is 0 Å². The van der Waals surface area contributed by atoms with Gasteiger partial charge in [0.1, 0.15) is 5.75 Å². The molecule has 0 atom stereocenters. The summed E-state index contributed by atoms with van der Waals surface area (Å²) in [7, 11) is 1.71. The fourth-order valence-electron chi connectivity index (χ4n) is 2.28. The van der Waals surface area contributed by atoms with E-state index >= 15 is 0 Å². The Morgan fingerprint density at radius 1 is 1.29 bits per heavy atom. The van der Waals surface area contributed by atoms with Crippen LogP contribution < -0.4 is 10.1 Å². The molecule has 0 radical (unpaired) electrons. The van der Waals surface area contributed by atoms with Crippen molar-refractivity contribution >= 4 is 0 Å². The van der Waals surface area contributed by atoms with Crippen LogP contribution in [0.2, 0.25) is 0 Å². The second-order valence-corrected chi connectivity index (χ2v) is 5.84. The maximum Gasteiger partial charge on any atom is 0.123 e. The first-order valence-corrected chi connectivity index (χ1v) is 7.45. The highest BCUT2D eigenvalue weighted by molar-refractivity contribution is 5.36. The zero-order chi connectivity index (χ0) is 15.2. The molecule has 2 aromatic rings. The van der Waals surface area contributed by atoms with Gasteiger partial charge >= 0.3 is 0 Å². The van der Waals surface area contributed by atoms with Crippen LogP contribution in [-0.4, -0.2) is 23.4 Å². The monoisotopic (exact) mass is 287 g/mol. The van der Waals surface area contributed by atoms with Crippen LogP contribution in [0.3, 0.4) is 0 Å². The van der Waals surface area contributed by atoms with E-state index in [4.69, 9.17) is 4.74 Å². The zero-order valence-electron chi connectivity index (χ0n) is 13.4. The number of hydrogen-bond donors (Lipinski definition) is 1. The molecule has 21 heavy (non-hydrogen) atoms. The third-order valence-electron chi connectivity index (χ3n) is 3.32. The molecule has 2 rings (SSSR count). The average molecular weight is 287 g/mol. The molecule has 0 aliphatic carbocycles. The summed E-state index contributed by atoms with van der Waals surface area (Å²) in [5.74, 6) is 1.57. The lowest BCUT2D eigenvalue weighted by Gasteiger charge is -2.09. The van der Waals surface area contributed by atoms with Crippen LogP contribution in [0.5, 0.6) is 5.75 Å². The lowest BCUT2D eigenvalue weighted by Crippen LogP contribution is -2.19. The summed E-state index contributed by atoms with van der Waals surface area (Å²) in [6.07, 6.45) is 2.02. The third-order valence-corrected chi connectivity index (χ3v) is 3.32. The number of methoxy groups -OCH3 is 1. The van der Waals surface area contributed by atoms with E-state index in [2.05, 4.69) is 49.4 Å². The minimum atomic E-state index is 0.656. The van der Waals surface area contributed by atoms with Gasteiger partial charge in [0.25, 0.3) is 0 Å². The summed E-state index contributed by atoms with van der Waals surface area (Å²) in [6.45, 7) is 9.06. The molecule has 4 heteroatoms. The Kier molecular flexibility index (Phi) is 5.39. The topological polar surface area (TPSA) is 39.1 Å². The summed E-state index contributed by atoms with van der Waals surface area (Å²) in [4.78, 5) is 0.